The lowest BCUT2D eigenvalue weighted by Gasteiger charge is -2.16. The normalized spacial score (nSPS) is 20.6. The number of carbonyl (C=O) groups is 1. The van der Waals surface area contributed by atoms with Crippen molar-refractivity contribution in [2.24, 2.45) is 0 Å². The topological polar surface area (TPSA) is 38.3 Å². The third kappa shape index (κ3) is 2.96. The van der Waals surface area contributed by atoms with Crippen molar-refractivity contribution in [1.82, 2.24) is 5.32 Å². The number of rotatable bonds is 2. The maximum absolute atomic E-state index is 13.1. The number of hydrogen-bond donors (Lipinski definition) is 1. The SMILES string of the molecule is Cc1cc(OC2CCCCNC2=O)ccc1F. The summed E-state index contributed by atoms with van der Waals surface area (Å²) in [4.78, 5) is 11.7. The van der Waals surface area contributed by atoms with Gasteiger partial charge in [-0.15, -0.1) is 0 Å². The third-order valence-corrected chi connectivity index (χ3v) is 2.89. The van der Waals surface area contributed by atoms with Crippen LogP contribution in [-0.2, 0) is 4.79 Å². The summed E-state index contributed by atoms with van der Waals surface area (Å²) in [5.74, 6) is 0.207. The Morgan fingerprint density at radius 2 is 2.24 bits per heavy atom. The molecule has 92 valence electrons. The van der Waals surface area contributed by atoms with E-state index >= 15 is 0 Å². The molecule has 17 heavy (non-hydrogen) atoms. The average Bonchev–Trinajstić information content (AvgIpc) is 2.50. The molecule has 0 bridgehead atoms. The van der Waals surface area contributed by atoms with E-state index in [-0.39, 0.29) is 11.7 Å². The quantitative estimate of drug-likeness (QED) is 0.856. The number of nitrogens with one attached hydrogen (secondary N) is 1. The van der Waals surface area contributed by atoms with Crippen LogP contribution in [0.5, 0.6) is 5.75 Å². The van der Waals surface area contributed by atoms with Crippen LogP contribution in [0.1, 0.15) is 24.8 Å². The van der Waals surface area contributed by atoms with E-state index in [1.54, 1.807) is 19.1 Å². The molecule has 1 amide bonds. The van der Waals surface area contributed by atoms with Crippen molar-refractivity contribution < 1.29 is 13.9 Å². The highest BCUT2D eigenvalue weighted by Crippen LogP contribution is 2.19. The van der Waals surface area contributed by atoms with E-state index in [2.05, 4.69) is 5.32 Å². The summed E-state index contributed by atoms with van der Waals surface area (Å²) >= 11 is 0. The van der Waals surface area contributed by atoms with Crippen molar-refractivity contribution in [3.63, 3.8) is 0 Å². The van der Waals surface area contributed by atoms with Crippen molar-refractivity contribution in [1.29, 1.82) is 0 Å². The van der Waals surface area contributed by atoms with E-state index in [1.165, 1.54) is 6.07 Å². The molecule has 1 aliphatic rings. The highest BCUT2D eigenvalue weighted by molar-refractivity contribution is 5.81. The van der Waals surface area contributed by atoms with Gasteiger partial charge in [-0.3, -0.25) is 4.79 Å². The zero-order valence-electron chi connectivity index (χ0n) is 9.83. The van der Waals surface area contributed by atoms with Crippen LogP contribution < -0.4 is 10.1 Å². The van der Waals surface area contributed by atoms with Gasteiger partial charge in [0.15, 0.2) is 6.10 Å². The first-order valence-electron chi connectivity index (χ1n) is 5.87. The minimum Gasteiger partial charge on any atom is -0.481 e. The molecule has 0 aromatic heterocycles. The molecule has 0 aliphatic carbocycles. The summed E-state index contributed by atoms with van der Waals surface area (Å²) in [6.45, 7) is 2.39. The molecular weight excluding hydrogens is 221 g/mol. The first-order valence-corrected chi connectivity index (χ1v) is 5.87. The van der Waals surface area contributed by atoms with Crippen LogP contribution in [0.2, 0.25) is 0 Å². The third-order valence-electron chi connectivity index (χ3n) is 2.89. The molecular formula is C13H16FNO2. The molecule has 2 rings (SSSR count). The zero-order chi connectivity index (χ0) is 12.3. The molecule has 1 unspecified atom stereocenters. The number of hydrogen-bond acceptors (Lipinski definition) is 2. The number of halogens is 1. The van der Waals surface area contributed by atoms with Crippen LogP contribution in [0.4, 0.5) is 4.39 Å². The molecule has 0 radical (unpaired) electrons. The first kappa shape index (κ1) is 11.9. The van der Waals surface area contributed by atoms with Crippen molar-refractivity contribution in [2.75, 3.05) is 6.54 Å². The Bertz CT molecular complexity index is 420. The van der Waals surface area contributed by atoms with Gasteiger partial charge in [-0.05, 0) is 49.9 Å². The Morgan fingerprint density at radius 3 is 3.00 bits per heavy atom. The molecule has 1 aromatic carbocycles. The lowest BCUT2D eigenvalue weighted by molar-refractivity contribution is -0.127. The van der Waals surface area contributed by atoms with Gasteiger partial charge in [-0.25, -0.2) is 4.39 Å². The molecule has 1 aliphatic heterocycles. The Labute approximate surface area is 100.0 Å². The Kier molecular flexibility index (Phi) is 3.61. The monoisotopic (exact) mass is 237 g/mol. The summed E-state index contributed by atoms with van der Waals surface area (Å²) in [5, 5.41) is 2.80. The summed E-state index contributed by atoms with van der Waals surface area (Å²) in [7, 11) is 0. The second-order valence-corrected chi connectivity index (χ2v) is 4.30. The fourth-order valence-corrected chi connectivity index (χ4v) is 1.88. The van der Waals surface area contributed by atoms with Crippen LogP contribution in [0, 0.1) is 12.7 Å². The number of carbonyl (C=O) groups excluding carboxylic acids is 1. The van der Waals surface area contributed by atoms with E-state index in [0.29, 0.717) is 24.3 Å². The average molecular weight is 237 g/mol. The molecule has 0 spiro atoms. The van der Waals surface area contributed by atoms with E-state index in [1.807, 2.05) is 0 Å². The van der Waals surface area contributed by atoms with Crippen LogP contribution in [0.25, 0.3) is 0 Å². The van der Waals surface area contributed by atoms with Gasteiger partial charge >= 0.3 is 0 Å². The minimum atomic E-state index is -0.456. The lowest BCUT2D eigenvalue weighted by atomic mass is 10.1. The summed E-state index contributed by atoms with van der Waals surface area (Å²) in [5.41, 5.74) is 0.525. The highest BCUT2D eigenvalue weighted by atomic mass is 19.1. The van der Waals surface area contributed by atoms with Gasteiger partial charge in [0.1, 0.15) is 11.6 Å². The number of ether oxygens (including phenoxy) is 1. The van der Waals surface area contributed by atoms with E-state index in [4.69, 9.17) is 4.74 Å². The molecule has 3 nitrogen and oxygen atoms in total. The summed E-state index contributed by atoms with van der Waals surface area (Å²) in [6, 6.07) is 4.54. The Morgan fingerprint density at radius 1 is 1.41 bits per heavy atom. The summed E-state index contributed by atoms with van der Waals surface area (Å²) in [6.07, 6.45) is 2.20. The second-order valence-electron chi connectivity index (χ2n) is 4.30. The zero-order valence-corrected chi connectivity index (χ0v) is 9.83. The van der Waals surface area contributed by atoms with E-state index in [9.17, 15) is 9.18 Å². The van der Waals surface area contributed by atoms with Crippen LogP contribution in [-0.4, -0.2) is 18.6 Å². The van der Waals surface area contributed by atoms with Crippen molar-refractivity contribution >= 4 is 5.91 Å². The van der Waals surface area contributed by atoms with Gasteiger partial charge < -0.3 is 10.1 Å². The van der Waals surface area contributed by atoms with Gasteiger partial charge in [0, 0.05) is 6.54 Å². The molecule has 1 heterocycles. The van der Waals surface area contributed by atoms with Crippen LogP contribution in [0.3, 0.4) is 0 Å². The van der Waals surface area contributed by atoms with Crippen molar-refractivity contribution in [3.8, 4) is 5.75 Å². The summed E-state index contributed by atoms with van der Waals surface area (Å²) < 4.78 is 18.7. The van der Waals surface area contributed by atoms with Gasteiger partial charge in [-0.1, -0.05) is 0 Å². The van der Waals surface area contributed by atoms with Gasteiger partial charge in [0.25, 0.3) is 5.91 Å². The van der Waals surface area contributed by atoms with E-state index < -0.39 is 6.10 Å². The molecule has 1 saturated heterocycles. The van der Waals surface area contributed by atoms with Gasteiger partial charge in [0.2, 0.25) is 0 Å². The van der Waals surface area contributed by atoms with Crippen molar-refractivity contribution in [3.05, 3.63) is 29.6 Å². The highest BCUT2D eigenvalue weighted by Gasteiger charge is 2.22. The molecule has 1 atom stereocenters. The predicted octanol–water partition coefficient (Wildman–Crippen LogP) is 2.18. The van der Waals surface area contributed by atoms with E-state index in [0.717, 1.165) is 12.8 Å². The first-order chi connectivity index (χ1) is 8.16. The van der Waals surface area contributed by atoms with Gasteiger partial charge in [0.05, 0.1) is 0 Å². The van der Waals surface area contributed by atoms with Crippen LogP contribution in [0.15, 0.2) is 18.2 Å². The largest absolute Gasteiger partial charge is 0.481 e. The maximum atomic E-state index is 13.1. The fraction of sp³-hybridized carbons (Fsp3) is 0.462. The number of amides is 1. The Hall–Kier alpha value is -1.58. The van der Waals surface area contributed by atoms with Crippen molar-refractivity contribution in [2.45, 2.75) is 32.3 Å². The van der Waals surface area contributed by atoms with Crippen LogP contribution >= 0.6 is 0 Å². The van der Waals surface area contributed by atoms with Gasteiger partial charge in [-0.2, -0.15) is 0 Å². The maximum Gasteiger partial charge on any atom is 0.261 e. The molecule has 1 aromatic rings. The minimum absolute atomic E-state index is 0.0792. The molecule has 0 saturated carbocycles. The smallest absolute Gasteiger partial charge is 0.261 e. The predicted molar refractivity (Wildman–Crippen MR) is 62.4 cm³/mol. The lowest BCUT2D eigenvalue weighted by Crippen LogP contribution is -2.36. The Balaban J connectivity index is 2.08. The standard InChI is InChI=1S/C13H16FNO2/c1-9-8-10(5-6-11(9)14)17-12-4-2-3-7-15-13(12)16/h5-6,8,12H,2-4,7H2,1H3,(H,15,16). The molecule has 1 fully saturated rings. The molecule has 4 heteroatoms. The number of aryl methyl sites for hydroxylation is 1. The second kappa shape index (κ2) is 5.17. The fourth-order valence-electron chi connectivity index (χ4n) is 1.88. The molecule has 1 N–H and O–H groups in total. The number of benzene rings is 1.